The summed E-state index contributed by atoms with van der Waals surface area (Å²) in [5.74, 6) is 0.878. The zero-order valence-electron chi connectivity index (χ0n) is 32.1. The molecule has 10 rings (SSSR count). The molecule has 0 radical (unpaired) electrons. The first-order valence-corrected chi connectivity index (χ1v) is 21.4. The van der Waals surface area contributed by atoms with Crippen LogP contribution in [0.1, 0.15) is 5.56 Å². The second-order valence-electron chi connectivity index (χ2n) is 12.8. The Kier molecular flexibility index (Phi) is 17.0. The molecule has 0 saturated carbocycles. The third-order valence-electron chi connectivity index (χ3n) is 8.71. The van der Waals surface area contributed by atoms with Gasteiger partial charge in [-0.2, -0.15) is 0 Å². The third kappa shape index (κ3) is 13.4. The van der Waals surface area contributed by atoms with Gasteiger partial charge >= 0.3 is 7.12 Å². The van der Waals surface area contributed by atoms with Gasteiger partial charge in [0.2, 0.25) is 0 Å². The summed E-state index contributed by atoms with van der Waals surface area (Å²) < 4.78 is 4.92. The van der Waals surface area contributed by atoms with Gasteiger partial charge in [0.25, 0.3) is 0 Å². The Morgan fingerprint density at radius 2 is 1.07 bits per heavy atom. The Balaban J connectivity index is 0.000000134. The van der Waals surface area contributed by atoms with E-state index in [9.17, 15) is 0 Å². The molecule has 2 N–H and O–H groups in total. The van der Waals surface area contributed by atoms with Crippen LogP contribution in [-0.2, 0) is 6.42 Å². The molecule has 0 amide bonds. The highest BCUT2D eigenvalue weighted by Crippen LogP contribution is 2.23. The van der Waals surface area contributed by atoms with E-state index in [1.165, 1.54) is 16.7 Å². The summed E-state index contributed by atoms with van der Waals surface area (Å²) in [6.07, 6.45) is 10.3. The Labute approximate surface area is 380 Å². The van der Waals surface area contributed by atoms with Crippen molar-refractivity contribution >= 4 is 90.0 Å². The molecule has 0 fully saturated rings. The summed E-state index contributed by atoms with van der Waals surface area (Å²) in [7, 11) is -1.34. The van der Waals surface area contributed by atoms with E-state index < -0.39 is 7.12 Å². The number of hydrogen-bond donors (Lipinski definition) is 2. The molecule has 0 saturated heterocycles. The van der Waals surface area contributed by atoms with Crippen LogP contribution in [0.25, 0.3) is 39.1 Å². The topological polar surface area (TPSA) is 109 Å². The fourth-order valence-corrected chi connectivity index (χ4v) is 6.47. The van der Waals surface area contributed by atoms with Crippen LogP contribution in [0.5, 0.6) is 0 Å². The van der Waals surface area contributed by atoms with Gasteiger partial charge < -0.3 is 10.0 Å². The van der Waals surface area contributed by atoms with Crippen molar-refractivity contribution in [1.82, 2.24) is 24.5 Å². The van der Waals surface area contributed by atoms with Crippen LogP contribution < -0.4 is 5.46 Å². The van der Waals surface area contributed by atoms with Gasteiger partial charge in [-0.1, -0.05) is 127 Å². The first kappa shape index (κ1) is 43.9. The molecule has 0 bridgehead atoms. The number of hydrogen-bond acceptors (Lipinski definition) is 7. The van der Waals surface area contributed by atoms with E-state index in [2.05, 4.69) is 122 Å². The van der Waals surface area contributed by atoms with E-state index in [-0.39, 0.29) is 0 Å². The predicted octanol–water partition coefficient (Wildman–Crippen LogP) is 11.4. The van der Waals surface area contributed by atoms with E-state index in [4.69, 9.17) is 10.0 Å². The fourth-order valence-electron chi connectivity index (χ4n) is 5.68. The highest BCUT2D eigenvalue weighted by atomic mass is 127. The van der Waals surface area contributed by atoms with E-state index in [0.29, 0.717) is 5.46 Å². The van der Waals surface area contributed by atoms with Crippen molar-refractivity contribution in [2.45, 2.75) is 6.42 Å². The van der Waals surface area contributed by atoms with Crippen molar-refractivity contribution < 1.29 is 10.0 Å². The molecule has 0 aliphatic carbocycles. The lowest BCUT2D eigenvalue weighted by Crippen LogP contribution is -2.29. The minimum absolute atomic E-state index is 0.525. The first-order chi connectivity index (χ1) is 29.3. The largest absolute Gasteiger partial charge is 0.488 e. The molecular weight excluding hydrogens is 990 g/mol. The molecule has 5 aromatic carbocycles. The highest BCUT2D eigenvalue weighted by molar-refractivity contribution is 14.1. The van der Waals surface area contributed by atoms with Crippen molar-refractivity contribution in [3.63, 3.8) is 0 Å². The van der Waals surface area contributed by atoms with Crippen molar-refractivity contribution in [3.05, 3.63) is 219 Å². The first-order valence-electron chi connectivity index (χ1n) is 18.7. The number of fused-ring (bicyclic) bond motifs is 2. The second kappa shape index (κ2) is 23.2. The number of rotatable bonds is 4. The fraction of sp³-hybridized carbons (Fsp3) is 0.0208. The maximum atomic E-state index is 8.58. The average Bonchev–Trinajstić information content (AvgIpc) is 3.98. The third-order valence-corrected chi connectivity index (χ3v) is 10.3. The van der Waals surface area contributed by atoms with E-state index in [1.54, 1.807) is 24.3 Å². The van der Waals surface area contributed by atoms with Crippen LogP contribution in [0.15, 0.2) is 215 Å². The number of aromatic nitrogens is 5. The van der Waals surface area contributed by atoms with Crippen LogP contribution in [0.2, 0.25) is 0 Å². The Morgan fingerprint density at radius 1 is 0.517 bits per heavy atom. The average molecular weight is 1030 g/mol. The normalized spacial score (nSPS) is 10.6. The minimum Gasteiger partial charge on any atom is -0.423 e. The highest BCUT2D eigenvalue weighted by Gasteiger charge is 2.08. The van der Waals surface area contributed by atoms with Gasteiger partial charge in [-0.05, 0) is 125 Å². The number of nitrogens with zero attached hydrogens (tertiary/aromatic N) is 6. The van der Waals surface area contributed by atoms with Crippen LogP contribution in [-0.4, -0.2) is 47.9 Å². The number of para-hydroxylation sites is 3. The van der Waals surface area contributed by atoms with Crippen molar-refractivity contribution in [1.29, 1.82) is 0 Å². The second-order valence-corrected chi connectivity index (χ2v) is 15.7. The molecule has 4 aromatic heterocycles. The van der Waals surface area contributed by atoms with Gasteiger partial charge in [-0.15, -0.1) is 0 Å². The number of imidazole rings is 1. The lowest BCUT2D eigenvalue weighted by Gasteiger charge is -2.05. The molecule has 12 heteroatoms. The van der Waals surface area contributed by atoms with Crippen molar-refractivity contribution in [2.75, 3.05) is 0 Å². The van der Waals surface area contributed by atoms with Gasteiger partial charge in [-0.3, -0.25) is 9.56 Å². The van der Waals surface area contributed by atoms with Crippen molar-refractivity contribution in [2.24, 2.45) is 4.99 Å². The number of halogens is 3. The molecule has 296 valence electrons. The lowest BCUT2D eigenvalue weighted by atomic mass is 9.81. The summed E-state index contributed by atoms with van der Waals surface area (Å²) in [4.78, 5) is 21.3. The van der Waals surface area contributed by atoms with Gasteiger partial charge in [0.05, 0.1) is 16.7 Å². The SMILES string of the molecule is Brc1ccc(-c2ccccc2)cn1.Brc1ccc(I)cn1.C1=Nc2ccccc2C1.OB(O)c1ccccc1.c1ccc(-c2ccc(-n3cnc4ccccc43)nc2)cc1. The molecule has 1 aliphatic heterocycles. The quantitative estimate of drug-likeness (QED) is 0.103. The van der Waals surface area contributed by atoms with Gasteiger partial charge in [-0.25, -0.2) is 19.9 Å². The zero-order chi connectivity index (χ0) is 41.9. The van der Waals surface area contributed by atoms with E-state index in [1.807, 2.05) is 145 Å². The van der Waals surface area contributed by atoms with Crippen LogP contribution in [0.3, 0.4) is 0 Å². The summed E-state index contributed by atoms with van der Waals surface area (Å²) in [6.45, 7) is 0. The smallest absolute Gasteiger partial charge is 0.423 e. The van der Waals surface area contributed by atoms with Gasteiger partial charge in [0, 0.05) is 45.9 Å². The molecule has 1 aliphatic rings. The number of benzene rings is 5. The molecule has 0 atom stereocenters. The van der Waals surface area contributed by atoms with Crippen LogP contribution >= 0.6 is 54.5 Å². The Hall–Kier alpha value is -5.64. The maximum absolute atomic E-state index is 8.58. The molecule has 0 spiro atoms. The zero-order valence-corrected chi connectivity index (χ0v) is 37.5. The number of aliphatic imine (C=N–C) groups is 1. The van der Waals surface area contributed by atoms with Crippen LogP contribution in [0.4, 0.5) is 5.69 Å². The molecule has 0 unspecified atom stereocenters. The van der Waals surface area contributed by atoms with E-state index >= 15 is 0 Å². The predicted molar refractivity (Wildman–Crippen MR) is 261 cm³/mol. The Morgan fingerprint density at radius 3 is 1.60 bits per heavy atom. The molecule has 5 heterocycles. The summed E-state index contributed by atoms with van der Waals surface area (Å²) >= 11 is 8.75. The molecular formula is C48H38BBr2IN6O2. The molecule has 60 heavy (non-hydrogen) atoms. The van der Waals surface area contributed by atoms with Crippen molar-refractivity contribution in [3.8, 4) is 28.1 Å². The standard InChI is InChI=1S/C18H13N3.C11H8BrN.C8H7N.C6H7BO2.C5H3BrIN/c1-2-6-14(7-3-1)15-10-11-18(19-12-15)21-13-20-16-8-4-5-9-17(16)21;12-11-7-6-10(8-13-11)9-4-2-1-3-5-9;1-2-4-8-7(3-1)5-6-9-8;8-7(9)6-4-2-1-3-5-6;6-5-2-1-4(7)3-8-5/h1-13H;1-8H;1-4,6H,5H2;1-5,8-9H;1-3H. The van der Waals surface area contributed by atoms with Crippen LogP contribution in [0, 0.1) is 3.57 Å². The van der Waals surface area contributed by atoms with E-state index in [0.717, 1.165) is 52.9 Å². The molecule has 8 nitrogen and oxygen atoms in total. The summed E-state index contributed by atoms with van der Waals surface area (Å²) in [6, 6.07) is 57.4. The Bertz CT molecular complexity index is 2650. The lowest BCUT2D eigenvalue weighted by molar-refractivity contribution is 0.426. The summed E-state index contributed by atoms with van der Waals surface area (Å²) in [5, 5.41) is 17.2. The van der Waals surface area contributed by atoms with Gasteiger partial charge in [0.15, 0.2) is 0 Å². The van der Waals surface area contributed by atoms with Gasteiger partial charge in [0.1, 0.15) is 21.4 Å². The minimum atomic E-state index is -1.34. The maximum Gasteiger partial charge on any atom is 0.488 e. The summed E-state index contributed by atoms with van der Waals surface area (Å²) in [5.41, 5.74) is 9.68. The monoisotopic (exact) mass is 1030 g/mol. The molecule has 9 aromatic rings. The number of pyridine rings is 3.